The van der Waals surface area contributed by atoms with Gasteiger partial charge in [0.2, 0.25) is 0 Å². The van der Waals surface area contributed by atoms with E-state index in [1.54, 1.807) is 0 Å². The van der Waals surface area contributed by atoms with Crippen LogP contribution in [0.1, 0.15) is 16.1 Å². The number of aromatic hydroxyl groups is 1. The number of hydrogen-bond acceptors (Lipinski definition) is 6. The van der Waals surface area contributed by atoms with Crippen molar-refractivity contribution in [3.05, 3.63) is 17.3 Å². The normalized spacial score (nSPS) is 11.2. The van der Waals surface area contributed by atoms with Gasteiger partial charge in [0.15, 0.2) is 5.75 Å². The molecule has 0 atom stereocenters. The van der Waals surface area contributed by atoms with E-state index in [4.69, 9.17) is 5.73 Å². The van der Waals surface area contributed by atoms with Crippen molar-refractivity contribution in [2.45, 2.75) is 12.9 Å². The van der Waals surface area contributed by atoms with Gasteiger partial charge in [0.25, 0.3) is 5.88 Å². The minimum Gasteiger partial charge on any atom is -0.502 e. The number of methoxy groups -OCH3 is 1. The zero-order chi connectivity index (χ0) is 13.9. The molecule has 0 unspecified atom stereocenters. The number of nitrogens with two attached hydrogens (primary N) is 1. The Labute approximate surface area is 99.1 Å². The molecule has 1 rings (SSSR count). The Bertz CT molecular complexity index is 462. The molecule has 0 radical (unpaired) electrons. The third-order valence-electron chi connectivity index (χ3n) is 1.84. The third-order valence-corrected chi connectivity index (χ3v) is 1.84. The summed E-state index contributed by atoms with van der Waals surface area (Å²) in [7, 11) is 1.01. The molecule has 0 saturated heterocycles. The van der Waals surface area contributed by atoms with Crippen molar-refractivity contribution in [2.24, 2.45) is 5.73 Å². The first kappa shape index (κ1) is 14.0. The summed E-state index contributed by atoms with van der Waals surface area (Å²) in [6, 6.07) is 1.02. The van der Waals surface area contributed by atoms with Gasteiger partial charge in [0.1, 0.15) is 5.56 Å². The van der Waals surface area contributed by atoms with E-state index in [1.165, 1.54) is 0 Å². The molecule has 1 aromatic rings. The van der Waals surface area contributed by atoms with E-state index in [1.807, 2.05) is 0 Å². The van der Waals surface area contributed by atoms with E-state index in [0.717, 1.165) is 13.2 Å². The van der Waals surface area contributed by atoms with E-state index < -0.39 is 29.5 Å². The van der Waals surface area contributed by atoms with Gasteiger partial charge in [0.05, 0.1) is 12.8 Å². The first-order chi connectivity index (χ1) is 8.28. The number of carbonyl (C=O) groups excluding carboxylic acids is 1. The van der Waals surface area contributed by atoms with Crippen LogP contribution >= 0.6 is 0 Å². The van der Waals surface area contributed by atoms with E-state index in [-0.39, 0.29) is 12.2 Å². The molecule has 1 aromatic heterocycles. The lowest BCUT2D eigenvalue weighted by molar-refractivity contribution is -0.276. The zero-order valence-electron chi connectivity index (χ0n) is 9.11. The number of aromatic nitrogens is 1. The van der Waals surface area contributed by atoms with Crippen LogP contribution < -0.4 is 10.5 Å². The molecule has 0 amide bonds. The molecule has 0 aromatic carbocycles. The Hall–Kier alpha value is -2.03. The van der Waals surface area contributed by atoms with Crippen LogP contribution in [-0.4, -0.2) is 29.5 Å². The second-order valence-electron chi connectivity index (χ2n) is 3.06. The zero-order valence-corrected chi connectivity index (χ0v) is 9.11. The Morgan fingerprint density at radius 2 is 2.17 bits per heavy atom. The number of alkyl halides is 3. The average molecular weight is 266 g/mol. The van der Waals surface area contributed by atoms with Crippen LogP contribution in [0.5, 0.6) is 11.6 Å². The van der Waals surface area contributed by atoms with Crippen LogP contribution in [-0.2, 0) is 11.3 Å². The summed E-state index contributed by atoms with van der Waals surface area (Å²) in [6.07, 6.45) is -5.05. The number of esters is 1. The van der Waals surface area contributed by atoms with Gasteiger partial charge in [-0.05, 0) is 6.07 Å². The summed E-state index contributed by atoms with van der Waals surface area (Å²) >= 11 is 0. The lowest BCUT2D eigenvalue weighted by Crippen LogP contribution is -2.19. The summed E-state index contributed by atoms with van der Waals surface area (Å²) in [6.45, 7) is -0.238. The maximum atomic E-state index is 12.1. The smallest absolute Gasteiger partial charge is 0.502 e. The molecule has 0 aliphatic carbocycles. The lowest BCUT2D eigenvalue weighted by Gasteiger charge is -2.12. The van der Waals surface area contributed by atoms with Crippen molar-refractivity contribution in [3.8, 4) is 11.6 Å². The third kappa shape index (κ3) is 3.23. The highest BCUT2D eigenvalue weighted by atomic mass is 19.4. The minimum atomic E-state index is -5.05. The minimum absolute atomic E-state index is 0.0625. The number of hydrogen-bond donors (Lipinski definition) is 2. The Balaban J connectivity index is 3.29. The van der Waals surface area contributed by atoms with E-state index in [9.17, 15) is 23.1 Å². The molecule has 1 heterocycles. The maximum absolute atomic E-state index is 12.1. The quantitative estimate of drug-likeness (QED) is 0.790. The molecule has 0 aliphatic heterocycles. The van der Waals surface area contributed by atoms with Crippen LogP contribution in [0.25, 0.3) is 0 Å². The Morgan fingerprint density at radius 1 is 1.56 bits per heavy atom. The van der Waals surface area contributed by atoms with Gasteiger partial charge in [0, 0.05) is 6.54 Å². The summed E-state index contributed by atoms with van der Waals surface area (Å²) in [5, 5.41) is 9.44. The van der Waals surface area contributed by atoms with Crippen molar-refractivity contribution < 1.29 is 32.5 Å². The van der Waals surface area contributed by atoms with E-state index in [2.05, 4.69) is 14.5 Å². The molecule has 0 fully saturated rings. The molecular formula is C9H9F3N2O4. The maximum Gasteiger partial charge on any atom is 0.574 e. The number of ether oxygens (including phenoxy) is 2. The standard InChI is InChI=1S/C9H9F3N2O4/c1-17-8(16)5-2-4(3-13)14-7(6(5)15)18-9(10,11)12/h2,15H,3,13H2,1H3. The van der Waals surface area contributed by atoms with Gasteiger partial charge in [-0.2, -0.15) is 0 Å². The van der Waals surface area contributed by atoms with Crippen molar-refractivity contribution in [1.29, 1.82) is 0 Å². The first-order valence-electron chi connectivity index (χ1n) is 4.55. The number of carbonyl (C=O) groups is 1. The fourth-order valence-corrected chi connectivity index (χ4v) is 1.12. The number of rotatable bonds is 3. The topological polar surface area (TPSA) is 94.7 Å². The molecular weight excluding hydrogens is 257 g/mol. The van der Waals surface area contributed by atoms with Crippen LogP contribution in [0.4, 0.5) is 13.2 Å². The van der Waals surface area contributed by atoms with Crippen molar-refractivity contribution in [3.63, 3.8) is 0 Å². The van der Waals surface area contributed by atoms with E-state index >= 15 is 0 Å². The van der Waals surface area contributed by atoms with Crippen LogP contribution in [0.3, 0.4) is 0 Å². The van der Waals surface area contributed by atoms with Crippen molar-refractivity contribution >= 4 is 5.97 Å². The van der Waals surface area contributed by atoms with Crippen LogP contribution in [0.2, 0.25) is 0 Å². The summed E-state index contributed by atoms with van der Waals surface area (Å²) in [4.78, 5) is 14.6. The van der Waals surface area contributed by atoms with Gasteiger partial charge in [-0.15, -0.1) is 13.2 Å². The van der Waals surface area contributed by atoms with Gasteiger partial charge < -0.3 is 20.3 Å². The number of nitrogens with zero attached hydrogens (tertiary/aromatic N) is 1. The molecule has 0 bridgehead atoms. The molecule has 6 nitrogen and oxygen atoms in total. The van der Waals surface area contributed by atoms with Gasteiger partial charge >= 0.3 is 12.3 Å². The van der Waals surface area contributed by atoms with Crippen LogP contribution in [0, 0.1) is 0 Å². The molecule has 0 spiro atoms. The fraction of sp³-hybridized carbons (Fsp3) is 0.333. The second kappa shape index (κ2) is 5.08. The Kier molecular flexibility index (Phi) is 3.96. The second-order valence-corrected chi connectivity index (χ2v) is 3.06. The highest BCUT2D eigenvalue weighted by Crippen LogP contribution is 2.33. The van der Waals surface area contributed by atoms with E-state index in [0.29, 0.717) is 0 Å². The summed E-state index contributed by atoms with van der Waals surface area (Å²) in [5.74, 6) is -3.24. The van der Waals surface area contributed by atoms with Crippen molar-refractivity contribution in [2.75, 3.05) is 7.11 Å². The lowest BCUT2D eigenvalue weighted by atomic mass is 10.2. The predicted octanol–water partition coefficient (Wildman–Crippen LogP) is 0.931. The van der Waals surface area contributed by atoms with Crippen LogP contribution in [0.15, 0.2) is 6.07 Å². The molecule has 3 N–H and O–H groups in total. The predicted molar refractivity (Wildman–Crippen MR) is 51.8 cm³/mol. The number of halogens is 3. The molecule has 0 saturated carbocycles. The highest BCUT2D eigenvalue weighted by molar-refractivity contribution is 5.93. The van der Waals surface area contributed by atoms with Gasteiger partial charge in [-0.3, -0.25) is 0 Å². The monoisotopic (exact) mass is 266 g/mol. The summed E-state index contributed by atoms with van der Waals surface area (Å²) < 4.78 is 43.9. The average Bonchev–Trinajstić information content (AvgIpc) is 2.29. The summed E-state index contributed by atoms with van der Waals surface area (Å²) in [5.41, 5.74) is 4.64. The largest absolute Gasteiger partial charge is 0.574 e. The number of pyridine rings is 1. The molecule has 9 heteroatoms. The highest BCUT2D eigenvalue weighted by Gasteiger charge is 2.34. The molecule has 100 valence electrons. The SMILES string of the molecule is COC(=O)c1cc(CN)nc(OC(F)(F)F)c1O. The molecule has 0 aliphatic rings. The molecule has 18 heavy (non-hydrogen) atoms. The first-order valence-corrected chi connectivity index (χ1v) is 4.55. The van der Waals surface area contributed by atoms with Crippen molar-refractivity contribution in [1.82, 2.24) is 4.98 Å². The Morgan fingerprint density at radius 3 is 2.61 bits per heavy atom. The van der Waals surface area contributed by atoms with Gasteiger partial charge in [-0.25, -0.2) is 9.78 Å². The fourth-order valence-electron chi connectivity index (χ4n) is 1.12. The van der Waals surface area contributed by atoms with Gasteiger partial charge in [-0.1, -0.05) is 0 Å².